The first-order valence-electron chi connectivity index (χ1n) is 11.4. The molecule has 5 rings (SSSR count). The molecule has 3 heterocycles. The van der Waals surface area contributed by atoms with Crippen LogP contribution < -0.4 is 15.4 Å². The van der Waals surface area contributed by atoms with Crippen molar-refractivity contribution in [2.24, 2.45) is 0 Å². The molecule has 38 heavy (non-hydrogen) atoms. The summed E-state index contributed by atoms with van der Waals surface area (Å²) < 4.78 is 67.0. The molecule has 0 unspecified atom stereocenters. The third kappa shape index (κ3) is 5.05. The van der Waals surface area contributed by atoms with Crippen molar-refractivity contribution >= 4 is 27.5 Å². The summed E-state index contributed by atoms with van der Waals surface area (Å²) in [5.74, 6) is -1.99. The average molecular weight is 551 g/mol. The minimum absolute atomic E-state index is 0.0457. The Morgan fingerprint density at radius 3 is 2.76 bits per heavy atom. The Kier molecular flexibility index (Phi) is 6.12. The van der Waals surface area contributed by atoms with Crippen LogP contribution in [-0.4, -0.2) is 65.0 Å². The number of hydrogen-bond donors (Lipinski definition) is 2. The number of nitrogens with one attached hydrogen (secondary N) is 2. The summed E-state index contributed by atoms with van der Waals surface area (Å²) in [7, 11) is -3.65. The van der Waals surface area contributed by atoms with Gasteiger partial charge in [0.2, 0.25) is 5.91 Å². The maximum absolute atomic E-state index is 13.4. The van der Waals surface area contributed by atoms with Crippen molar-refractivity contribution < 1.29 is 35.9 Å². The summed E-state index contributed by atoms with van der Waals surface area (Å²) in [6.45, 7) is -1.41. The summed E-state index contributed by atoms with van der Waals surface area (Å²) in [5.41, 5.74) is 0.981. The topological polar surface area (TPSA) is 145 Å². The van der Waals surface area contributed by atoms with E-state index >= 15 is 0 Å². The van der Waals surface area contributed by atoms with Crippen molar-refractivity contribution in [2.45, 2.75) is 31.0 Å². The Morgan fingerprint density at radius 2 is 2.08 bits per heavy atom. The van der Waals surface area contributed by atoms with Crippen molar-refractivity contribution in [1.29, 1.82) is 0 Å². The first-order valence-corrected chi connectivity index (χ1v) is 13.4. The highest BCUT2D eigenvalue weighted by Gasteiger charge is 2.47. The highest BCUT2D eigenvalue weighted by atomic mass is 32.2. The molecule has 3 aromatic rings. The van der Waals surface area contributed by atoms with Crippen molar-refractivity contribution in [2.75, 3.05) is 23.9 Å². The van der Waals surface area contributed by atoms with Crippen LogP contribution in [0, 0.1) is 0 Å². The van der Waals surface area contributed by atoms with E-state index in [9.17, 15) is 31.2 Å². The van der Waals surface area contributed by atoms with E-state index in [4.69, 9.17) is 4.74 Å². The lowest BCUT2D eigenvalue weighted by atomic mass is 9.82. The number of fused-ring (bicyclic) bond motifs is 3. The van der Waals surface area contributed by atoms with E-state index in [1.807, 2.05) is 0 Å². The van der Waals surface area contributed by atoms with Crippen LogP contribution in [0.15, 0.2) is 36.5 Å². The summed E-state index contributed by atoms with van der Waals surface area (Å²) >= 11 is 0. The quantitative estimate of drug-likeness (QED) is 0.472. The molecule has 2 N–H and O–H groups in total. The third-order valence-electron chi connectivity index (χ3n) is 6.25. The van der Waals surface area contributed by atoms with Gasteiger partial charge >= 0.3 is 6.18 Å². The molecule has 1 aromatic carbocycles. The molecular weight excluding hydrogens is 529 g/mol. The van der Waals surface area contributed by atoms with Crippen LogP contribution >= 0.6 is 0 Å². The number of halogens is 3. The molecule has 0 radical (unpaired) electrons. The molecule has 1 spiro atoms. The molecule has 200 valence electrons. The number of rotatable bonds is 6. The number of aromatic nitrogens is 4. The second kappa shape index (κ2) is 9.08. The highest BCUT2D eigenvalue weighted by Crippen LogP contribution is 2.44. The number of amides is 2. The van der Waals surface area contributed by atoms with Gasteiger partial charge < -0.3 is 15.4 Å². The van der Waals surface area contributed by atoms with Gasteiger partial charge in [-0.05, 0) is 48.2 Å². The van der Waals surface area contributed by atoms with Gasteiger partial charge in [-0.2, -0.15) is 28.1 Å². The minimum Gasteiger partial charge on any atom is -0.484 e. The Morgan fingerprint density at radius 1 is 1.29 bits per heavy atom. The van der Waals surface area contributed by atoms with Gasteiger partial charge in [-0.3, -0.25) is 9.59 Å². The van der Waals surface area contributed by atoms with Crippen LogP contribution in [0.1, 0.15) is 33.6 Å². The standard InChI is InChI=1S/C23H21F3N6O5S/c1-38(35,36)11-18(33)28-20-19-16(31-32(20)17-3-2-8-27-30-17)10-22(29-21(19)34)7-6-13-9-14(4-5-15(13)22)37-12-23(24,25)26/h2-5,8-9H,6-7,10-12H2,1H3,(H,28,33)(H,29,34)/t22-/m0/s1. The van der Waals surface area contributed by atoms with Gasteiger partial charge in [-0.15, -0.1) is 5.10 Å². The third-order valence-corrected chi connectivity index (χ3v) is 7.04. The molecule has 2 aliphatic rings. The Labute approximate surface area is 214 Å². The Balaban J connectivity index is 1.51. The first kappa shape index (κ1) is 25.6. The van der Waals surface area contributed by atoms with E-state index in [1.54, 1.807) is 18.2 Å². The molecule has 0 saturated carbocycles. The smallest absolute Gasteiger partial charge is 0.422 e. The number of ether oxygens (including phenoxy) is 1. The van der Waals surface area contributed by atoms with Gasteiger partial charge in [0.05, 0.1) is 11.2 Å². The lowest BCUT2D eigenvalue weighted by molar-refractivity contribution is -0.153. The molecule has 11 nitrogen and oxygen atoms in total. The van der Waals surface area contributed by atoms with Gasteiger partial charge in [0.15, 0.2) is 28.1 Å². The van der Waals surface area contributed by atoms with Crippen LogP contribution in [0.2, 0.25) is 0 Å². The number of carbonyl (C=O) groups excluding carboxylic acids is 2. The maximum atomic E-state index is 13.4. The summed E-state index contributed by atoms with van der Waals surface area (Å²) in [4.78, 5) is 25.9. The minimum atomic E-state index is -4.47. The van der Waals surface area contributed by atoms with Crippen LogP contribution in [0.4, 0.5) is 19.0 Å². The monoisotopic (exact) mass is 550 g/mol. The van der Waals surface area contributed by atoms with Crippen molar-refractivity contribution in [1.82, 2.24) is 25.3 Å². The molecule has 2 amide bonds. The fourth-order valence-electron chi connectivity index (χ4n) is 4.82. The SMILES string of the molecule is CS(=O)(=O)CC(=O)Nc1c2c(nn1-c1cccnn1)C[C@]1(CCc3cc(OCC(F)(F)F)ccc31)NC2=O. The highest BCUT2D eigenvalue weighted by molar-refractivity contribution is 7.91. The number of carbonyl (C=O) groups is 2. The largest absolute Gasteiger partial charge is 0.484 e. The number of sulfone groups is 1. The van der Waals surface area contributed by atoms with E-state index in [0.29, 0.717) is 18.5 Å². The molecule has 15 heteroatoms. The van der Waals surface area contributed by atoms with Crippen molar-refractivity contribution in [3.05, 3.63) is 58.9 Å². The van der Waals surface area contributed by atoms with E-state index in [0.717, 1.165) is 17.4 Å². The second-order valence-corrected chi connectivity index (χ2v) is 11.4. The molecule has 0 saturated heterocycles. The Hall–Kier alpha value is -4.01. The number of hydrogen-bond acceptors (Lipinski definition) is 8. The van der Waals surface area contributed by atoms with Crippen molar-refractivity contribution in [3.8, 4) is 11.6 Å². The number of benzene rings is 1. The van der Waals surface area contributed by atoms with Crippen LogP contribution in [0.3, 0.4) is 0 Å². The number of alkyl halides is 3. The van der Waals surface area contributed by atoms with Gasteiger partial charge in [0.1, 0.15) is 17.1 Å². The predicted octanol–water partition coefficient (Wildman–Crippen LogP) is 1.71. The normalized spacial score (nSPS) is 18.6. The maximum Gasteiger partial charge on any atom is 0.422 e. The van der Waals surface area contributed by atoms with E-state index in [-0.39, 0.29) is 29.4 Å². The van der Waals surface area contributed by atoms with Gasteiger partial charge in [-0.25, -0.2) is 8.42 Å². The zero-order valence-corrected chi connectivity index (χ0v) is 20.7. The first-order chi connectivity index (χ1) is 17.8. The average Bonchev–Trinajstić information content (AvgIpc) is 3.35. The zero-order chi connectivity index (χ0) is 27.3. The van der Waals surface area contributed by atoms with Crippen LogP contribution in [0.25, 0.3) is 5.82 Å². The fraction of sp³-hybridized carbons (Fsp3) is 0.348. The zero-order valence-electron chi connectivity index (χ0n) is 19.9. The molecule has 0 bridgehead atoms. The van der Waals surface area contributed by atoms with E-state index in [2.05, 4.69) is 25.9 Å². The van der Waals surface area contributed by atoms with Gasteiger partial charge in [0.25, 0.3) is 5.91 Å². The predicted molar refractivity (Wildman–Crippen MR) is 127 cm³/mol. The molecule has 1 aliphatic heterocycles. The summed E-state index contributed by atoms with van der Waals surface area (Å²) in [6, 6.07) is 7.73. The lowest BCUT2D eigenvalue weighted by Gasteiger charge is -2.35. The molecule has 0 fully saturated rings. The second-order valence-electron chi connectivity index (χ2n) is 9.22. The summed E-state index contributed by atoms with van der Waals surface area (Å²) in [6.07, 6.45) is -0.967. The lowest BCUT2D eigenvalue weighted by Crippen LogP contribution is -2.49. The molecule has 1 atom stereocenters. The molecule has 1 aliphatic carbocycles. The number of anilines is 1. The van der Waals surface area contributed by atoms with Crippen LogP contribution in [-0.2, 0) is 33.0 Å². The van der Waals surface area contributed by atoms with Gasteiger partial charge in [0, 0.05) is 18.9 Å². The molecule has 2 aromatic heterocycles. The van der Waals surface area contributed by atoms with E-state index in [1.165, 1.54) is 23.0 Å². The van der Waals surface area contributed by atoms with E-state index < -0.39 is 45.7 Å². The van der Waals surface area contributed by atoms with Crippen LogP contribution in [0.5, 0.6) is 5.75 Å². The van der Waals surface area contributed by atoms with Gasteiger partial charge in [-0.1, -0.05) is 6.07 Å². The molecular formula is C23H21F3N6O5S. The number of nitrogens with zero attached hydrogens (tertiary/aromatic N) is 4. The summed E-state index contributed by atoms with van der Waals surface area (Å²) in [5, 5.41) is 17.8. The van der Waals surface area contributed by atoms with Crippen molar-refractivity contribution in [3.63, 3.8) is 0 Å². The Bertz CT molecular complexity index is 1540. The fourth-order valence-corrected chi connectivity index (χ4v) is 5.37. The number of aryl methyl sites for hydroxylation is 1.